The van der Waals surface area contributed by atoms with E-state index in [0.717, 1.165) is 21.9 Å². The van der Waals surface area contributed by atoms with Gasteiger partial charge in [-0.25, -0.2) is 4.79 Å². The van der Waals surface area contributed by atoms with Gasteiger partial charge in [-0.15, -0.1) is 11.6 Å². The maximum atomic E-state index is 13.6. The molecule has 1 fully saturated rings. The highest BCUT2D eigenvalue weighted by Gasteiger charge is 2.39. The fourth-order valence-corrected chi connectivity index (χ4v) is 6.62. The van der Waals surface area contributed by atoms with E-state index in [4.69, 9.17) is 45.9 Å². The van der Waals surface area contributed by atoms with Crippen LogP contribution < -0.4 is 30.7 Å². The minimum atomic E-state index is -1.56. The van der Waals surface area contributed by atoms with Crippen LogP contribution in [0.3, 0.4) is 0 Å². The van der Waals surface area contributed by atoms with Crippen LogP contribution in [0.4, 0.5) is 21.9 Å². The number of carbonyl (C=O) groups excluding carboxylic acids is 5. The molecular formula is C40H41ClN4O12. The van der Waals surface area contributed by atoms with Crippen molar-refractivity contribution in [3.05, 3.63) is 95.6 Å². The van der Waals surface area contributed by atoms with E-state index in [-0.39, 0.29) is 61.5 Å². The zero-order chi connectivity index (χ0) is 41.1. The highest BCUT2D eigenvalue weighted by molar-refractivity contribution is 6.19. The molecule has 16 nitrogen and oxygen atoms in total. The number of rotatable bonds is 12. The van der Waals surface area contributed by atoms with Crippen LogP contribution in [0, 0.1) is 0 Å². The van der Waals surface area contributed by atoms with Crippen LogP contribution in [0.25, 0.3) is 16.8 Å². The predicted octanol–water partition coefficient (Wildman–Crippen LogP) is 3.50. The Morgan fingerprint density at radius 1 is 0.982 bits per heavy atom. The fourth-order valence-electron chi connectivity index (χ4n) is 6.37. The SMILES string of the molecule is COc1ccc(/C=C/C(=O)N2CC(CCl)c3c2cc(NC(=O)OCc2ccc(OC4OC[C@@H](O)[C@H](O)[C@H]4O)c(NC(=O)CCN)c2)c2ccccc32)cc1.O=C=O. The largest absolute Gasteiger partial charge is 0.497 e. The quantitative estimate of drug-likeness (QED) is 0.0890. The molecule has 2 unspecified atom stereocenters. The van der Waals surface area contributed by atoms with Gasteiger partial charge in [-0.3, -0.25) is 14.9 Å². The highest BCUT2D eigenvalue weighted by atomic mass is 35.5. The zero-order valence-corrected chi connectivity index (χ0v) is 31.4. The first-order valence-corrected chi connectivity index (χ1v) is 18.2. The summed E-state index contributed by atoms with van der Waals surface area (Å²) in [5.41, 5.74) is 8.99. The second-order valence-electron chi connectivity index (χ2n) is 12.9. The van der Waals surface area contributed by atoms with Crippen molar-refractivity contribution in [3.63, 3.8) is 0 Å². The van der Waals surface area contributed by atoms with Gasteiger partial charge in [-0.2, -0.15) is 9.59 Å². The normalized spacial score (nSPS) is 19.8. The lowest BCUT2D eigenvalue weighted by Crippen LogP contribution is -2.54. The van der Waals surface area contributed by atoms with Crippen molar-refractivity contribution >= 4 is 69.6 Å². The third-order valence-electron chi connectivity index (χ3n) is 9.15. The number of nitrogens with one attached hydrogen (secondary N) is 2. The number of benzene rings is 4. The molecule has 57 heavy (non-hydrogen) atoms. The Labute approximate surface area is 331 Å². The Morgan fingerprint density at radius 3 is 2.39 bits per heavy atom. The molecule has 0 radical (unpaired) electrons. The van der Waals surface area contributed by atoms with Crippen molar-refractivity contribution < 1.29 is 58.2 Å². The Hall–Kier alpha value is -5.84. The molecule has 4 aromatic rings. The summed E-state index contributed by atoms with van der Waals surface area (Å²) in [6, 6.07) is 21.2. The molecule has 3 amide bonds. The summed E-state index contributed by atoms with van der Waals surface area (Å²) in [5.74, 6) is 0.292. The average Bonchev–Trinajstić information content (AvgIpc) is 3.59. The smallest absolute Gasteiger partial charge is 0.411 e. The fraction of sp³-hybridized carbons (Fsp3) is 0.300. The van der Waals surface area contributed by atoms with Gasteiger partial charge in [0.2, 0.25) is 12.2 Å². The second kappa shape index (κ2) is 19.8. The van der Waals surface area contributed by atoms with Crippen LogP contribution in [0.5, 0.6) is 11.5 Å². The van der Waals surface area contributed by atoms with Gasteiger partial charge in [-0.1, -0.05) is 42.5 Å². The number of anilines is 3. The number of halogens is 1. The number of nitrogens with zero attached hydrogens (tertiary/aromatic N) is 1. The van der Waals surface area contributed by atoms with Crippen molar-refractivity contribution in [2.75, 3.05) is 48.2 Å². The van der Waals surface area contributed by atoms with Gasteiger partial charge in [-0.05, 0) is 58.5 Å². The van der Waals surface area contributed by atoms with Crippen LogP contribution in [-0.2, 0) is 35.3 Å². The van der Waals surface area contributed by atoms with Crippen molar-refractivity contribution in [2.24, 2.45) is 5.73 Å². The molecule has 0 aromatic heterocycles. The van der Waals surface area contributed by atoms with Crippen LogP contribution in [0.2, 0.25) is 0 Å². The number of hydrogen-bond donors (Lipinski definition) is 6. The molecule has 300 valence electrons. The summed E-state index contributed by atoms with van der Waals surface area (Å²) >= 11 is 6.43. The number of ether oxygens (including phenoxy) is 4. The molecule has 0 spiro atoms. The average molecular weight is 805 g/mol. The number of aliphatic hydroxyl groups excluding tert-OH is 3. The Balaban J connectivity index is 0.00000200. The van der Waals surface area contributed by atoms with E-state index < -0.39 is 36.6 Å². The standard InChI is InChI=1S/C39H41ClN4O10.CO2/c1-51-25-10-6-22(7-11-25)9-13-34(47)44-19-24(18-40)35-27-5-3-2-4-26(27)28(17-30(35)44)43-39(50)53-20-23-8-12-32(29(16-23)42-33(46)14-15-41)54-38-37(49)36(48)31(45)21-52-38;2-1-3/h2-13,16-17,24,31,36-38,45,48-49H,14-15,18-21,41H2,1H3,(H,42,46)(H,43,50);/b13-9+;/t24?,31-,36+,37-,38?;/m1./s1. The molecule has 17 heteroatoms. The van der Waals surface area contributed by atoms with Gasteiger partial charge in [0.25, 0.3) is 5.91 Å². The van der Waals surface area contributed by atoms with E-state index in [1.807, 2.05) is 48.5 Å². The lowest BCUT2D eigenvalue weighted by Gasteiger charge is -2.35. The number of alkyl halides is 1. The summed E-state index contributed by atoms with van der Waals surface area (Å²) in [5, 5.41) is 37.3. The first-order chi connectivity index (χ1) is 27.5. The van der Waals surface area contributed by atoms with Crippen LogP contribution in [0.15, 0.2) is 78.9 Å². The summed E-state index contributed by atoms with van der Waals surface area (Å²) in [4.78, 5) is 57.2. The number of fused-ring (bicyclic) bond motifs is 3. The van der Waals surface area contributed by atoms with Crippen LogP contribution in [0.1, 0.15) is 29.0 Å². The first kappa shape index (κ1) is 42.3. The number of amides is 3. The van der Waals surface area contributed by atoms with E-state index in [2.05, 4.69) is 10.6 Å². The lowest BCUT2D eigenvalue weighted by molar-refractivity contribution is -0.241. The minimum Gasteiger partial charge on any atom is -0.497 e. The molecule has 6 rings (SSSR count). The molecule has 2 aliphatic heterocycles. The number of nitrogens with two attached hydrogens (primary N) is 1. The number of carbonyl (C=O) groups is 3. The minimum absolute atomic E-state index is 0.0123. The third-order valence-corrected chi connectivity index (χ3v) is 9.52. The third kappa shape index (κ3) is 10.3. The summed E-state index contributed by atoms with van der Waals surface area (Å²) < 4.78 is 21.9. The topological polar surface area (TPSA) is 236 Å². The molecule has 5 atom stereocenters. The van der Waals surface area contributed by atoms with Crippen LogP contribution >= 0.6 is 11.6 Å². The molecule has 4 aromatic carbocycles. The maximum absolute atomic E-state index is 13.6. The zero-order valence-electron chi connectivity index (χ0n) is 30.6. The molecule has 2 aliphatic rings. The van der Waals surface area contributed by atoms with Gasteiger partial charge < -0.3 is 50.2 Å². The molecule has 7 N–H and O–H groups in total. The van der Waals surface area contributed by atoms with Gasteiger partial charge in [0.05, 0.1) is 30.8 Å². The van der Waals surface area contributed by atoms with Crippen molar-refractivity contribution in [2.45, 2.75) is 43.5 Å². The van der Waals surface area contributed by atoms with Gasteiger partial charge in [0, 0.05) is 42.8 Å². The van der Waals surface area contributed by atoms with Crippen molar-refractivity contribution in [3.8, 4) is 11.5 Å². The maximum Gasteiger partial charge on any atom is 0.411 e. The molecule has 0 bridgehead atoms. The van der Waals surface area contributed by atoms with Crippen LogP contribution in [-0.4, -0.2) is 96.7 Å². The van der Waals surface area contributed by atoms with Gasteiger partial charge in [0.15, 0.2) is 0 Å². The monoisotopic (exact) mass is 804 g/mol. The molecule has 0 saturated carbocycles. The summed E-state index contributed by atoms with van der Waals surface area (Å²) in [6.07, 6.45) is -2.98. The van der Waals surface area contributed by atoms with E-state index in [0.29, 0.717) is 29.2 Å². The Bertz CT molecular complexity index is 2130. The molecule has 0 aliphatic carbocycles. The van der Waals surface area contributed by atoms with E-state index >= 15 is 0 Å². The van der Waals surface area contributed by atoms with Gasteiger partial charge >= 0.3 is 12.2 Å². The van der Waals surface area contributed by atoms with Crippen molar-refractivity contribution in [1.82, 2.24) is 0 Å². The number of hydrogen-bond acceptors (Lipinski definition) is 13. The van der Waals surface area contributed by atoms with Gasteiger partial charge in [0.1, 0.15) is 36.4 Å². The summed E-state index contributed by atoms with van der Waals surface area (Å²) in [7, 11) is 1.59. The Morgan fingerprint density at radius 2 is 1.70 bits per heavy atom. The van der Waals surface area contributed by atoms with E-state index in [1.54, 1.807) is 30.2 Å². The first-order valence-electron chi connectivity index (χ1n) is 17.6. The molecule has 1 saturated heterocycles. The molecule has 2 heterocycles. The lowest BCUT2D eigenvalue weighted by atomic mass is 9.95. The predicted molar refractivity (Wildman–Crippen MR) is 208 cm³/mol. The molecular weight excluding hydrogens is 764 g/mol. The van der Waals surface area contributed by atoms with Crippen molar-refractivity contribution in [1.29, 1.82) is 0 Å². The van der Waals surface area contributed by atoms with E-state index in [9.17, 15) is 29.7 Å². The second-order valence-corrected chi connectivity index (χ2v) is 13.2. The summed E-state index contributed by atoms with van der Waals surface area (Å²) in [6.45, 7) is -0.0324. The number of methoxy groups -OCH3 is 1. The number of aliphatic hydroxyl groups is 3. The van der Waals surface area contributed by atoms with E-state index in [1.165, 1.54) is 18.2 Å². The highest BCUT2D eigenvalue weighted by Crippen LogP contribution is 2.45. The Kier molecular flexibility index (Phi) is 14.7.